The molecular weight excluding hydrogens is 547 g/mol. The Morgan fingerprint density at radius 3 is 2.42 bits per heavy atom. The van der Waals surface area contributed by atoms with Gasteiger partial charge in [-0.3, -0.25) is 9.48 Å². The van der Waals surface area contributed by atoms with E-state index >= 15 is 0 Å². The second-order valence-electron chi connectivity index (χ2n) is 8.35. The van der Waals surface area contributed by atoms with Crippen LogP contribution in [-0.2, 0) is 12.7 Å². The zero-order chi connectivity index (χ0) is 27.2. The van der Waals surface area contributed by atoms with Crippen LogP contribution in [0.2, 0.25) is 10.0 Å². The van der Waals surface area contributed by atoms with E-state index < -0.39 is 23.6 Å². The number of aromatic nitrogens is 5. The van der Waals surface area contributed by atoms with E-state index in [-0.39, 0.29) is 34.4 Å². The summed E-state index contributed by atoms with van der Waals surface area (Å²) in [6.45, 7) is 1.95. The molecule has 3 heterocycles. The van der Waals surface area contributed by atoms with E-state index in [1.807, 2.05) is 0 Å². The van der Waals surface area contributed by atoms with Gasteiger partial charge in [-0.2, -0.15) is 23.4 Å². The molecule has 3 aromatic heterocycles. The predicted octanol–water partition coefficient (Wildman–Crippen LogP) is 6.67. The minimum atomic E-state index is -4.76. The maximum absolute atomic E-state index is 13.9. The number of anilines is 1. The zero-order valence-corrected chi connectivity index (χ0v) is 20.9. The smallest absolute Gasteiger partial charge is 0.304 e. The molecule has 0 aliphatic heterocycles. The number of rotatable bonds is 5. The van der Waals surface area contributed by atoms with E-state index in [4.69, 9.17) is 23.2 Å². The van der Waals surface area contributed by atoms with Crippen molar-refractivity contribution in [2.45, 2.75) is 19.6 Å². The van der Waals surface area contributed by atoms with Crippen LogP contribution in [0.3, 0.4) is 0 Å². The summed E-state index contributed by atoms with van der Waals surface area (Å²) in [4.78, 5) is 17.1. The second-order valence-corrected chi connectivity index (χ2v) is 9.19. The molecule has 0 radical (unpaired) electrons. The number of fused-ring (bicyclic) bond motifs is 1. The van der Waals surface area contributed by atoms with Gasteiger partial charge in [-0.15, -0.1) is 0 Å². The van der Waals surface area contributed by atoms with Gasteiger partial charge in [0, 0.05) is 33.4 Å². The largest absolute Gasteiger partial charge is 0.433 e. The maximum Gasteiger partial charge on any atom is 0.433 e. The summed E-state index contributed by atoms with van der Waals surface area (Å²) in [5.41, 5.74) is 0.179. The van der Waals surface area contributed by atoms with E-state index in [0.717, 1.165) is 12.1 Å². The van der Waals surface area contributed by atoms with Crippen molar-refractivity contribution in [3.05, 3.63) is 99.2 Å². The van der Waals surface area contributed by atoms with Crippen LogP contribution in [0.25, 0.3) is 16.9 Å². The Balaban J connectivity index is 1.44. The number of amides is 1. The van der Waals surface area contributed by atoms with Crippen molar-refractivity contribution in [2.75, 3.05) is 5.32 Å². The fraction of sp³-hybridized carbons (Fsp3) is 0.120. The number of hydrogen-bond acceptors (Lipinski definition) is 4. The van der Waals surface area contributed by atoms with Gasteiger partial charge in [0.15, 0.2) is 22.9 Å². The summed E-state index contributed by atoms with van der Waals surface area (Å²) >= 11 is 12.0. The molecule has 0 saturated heterocycles. The molecule has 7 nitrogen and oxygen atoms in total. The molecule has 0 bridgehead atoms. The number of nitrogens with zero attached hydrogens (tertiary/aromatic N) is 5. The molecule has 0 aliphatic carbocycles. The number of alkyl halides is 3. The lowest BCUT2D eigenvalue weighted by Gasteiger charge is -2.11. The van der Waals surface area contributed by atoms with Crippen molar-refractivity contribution in [3.63, 3.8) is 0 Å². The summed E-state index contributed by atoms with van der Waals surface area (Å²) in [6, 6.07) is 13.7. The minimum absolute atomic E-state index is 0.0437. The Bertz CT molecular complexity index is 1680. The maximum atomic E-state index is 13.9. The number of halogens is 6. The van der Waals surface area contributed by atoms with Gasteiger partial charge < -0.3 is 5.32 Å². The van der Waals surface area contributed by atoms with Crippen molar-refractivity contribution in [1.29, 1.82) is 0 Å². The van der Waals surface area contributed by atoms with Gasteiger partial charge in [0.2, 0.25) is 0 Å². The number of aryl methyl sites for hydroxylation is 1. The predicted molar refractivity (Wildman–Crippen MR) is 134 cm³/mol. The summed E-state index contributed by atoms with van der Waals surface area (Å²) in [5.74, 6) is -1.10. The Morgan fingerprint density at radius 2 is 1.74 bits per heavy atom. The van der Waals surface area contributed by atoms with Gasteiger partial charge in [0.25, 0.3) is 5.91 Å². The zero-order valence-electron chi connectivity index (χ0n) is 19.4. The van der Waals surface area contributed by atoms with Gasteiger partial charge in [0.05, 0.1) is 12.2 Å². The van der Waals surface area contributed by atoms with Crippen LogP contribution in [0.5, 0.6) is 0 Å². The highest BCUT2D eigenvalue weighted by Gasteiger charge is 2.35. The van der Waals surface area contributed by atoms with E-state index in [1.54, 1.807) is 29.8 Å². The van der Waals surface area contributed by atoms with Crippen molar-refractivity contribution in [3.8, 4) is 11.3 Å². The fourth-order valence-corrected chi connectivity index (χ4v) is 4.13. The quantitative estimate of drug-likeness (QED) is 0.243. The van der Waals surface area contributed by atoms with E-state index in [1.165, 1.54) is 30.3 Å². The summed E-state index contributed by atoms with van der Waals surface area (Å²) in [5, 5.41) is 11.3. The SMILES string of the molecule is Cc1cc(NC(=O)c2cc3nc(-c4ccc(Cl)cc4)cc(C(F)(F)F)n3n2)nn1Cc1ccc(F)cc1Cl. The highest BCUT2D eigenvalue weighted by atomic mass is 35.5. The van der Waals surface area contributed by atoms with Gasteiger partial charge >= 0.3 is 6.18 Å². The Kier molecular flexibility index (Phi) is 6.58. The van der Waals surface area contributed by atoms with Crippen LogP contribution in [0.1, 0.15) is 27.4 Å². The van der Waals surface area contributed by atoms with Gasteiger partial charge in [-0.1, -0.05) is 41.4 Å². The topological polar surface area (TPSA) is 77.1 Å². The molecule has 0 atom stereocenters. The van der Waals surface area contributed by atoms with Gasteiger partial charge in [-0.25, -0.2) is 13.9 Å². The highest BCUT2D eigenvalue weighted by Crippen LogP contribution is 2.32. The third-order valence-electron chi connectivity index (χ3n) is 5.65. The van der Waals surface area contributed by atoms with Gasteiger partial charge in [0.1, 0.15) is 5.82 Å². The lowest BCUT2D eigenvalue weighted by Crippen LogP contribution is -2.16. The minimum Gasteiger partial charge on any atom is -0.304 e. The van der Waals surface area contributed by atoms with Crippen LogP contribution >= 0.6 is 23.2 Å². The standard InChI is InChI=1S/C25H16Cl2F4N6O/c1-13-8-22(35-36(13)12-15-4-7-17(28)9-18(15)27)33-24(38)20-11-23-32-19(14-2-5-16(26)6-3-14)10-21(25(29,30)31)37(23)34-20/h2-11H,12H2,1H3,(H,33,35,38). The average molecular weight is 563 g/mol. The Morgan fingerprint density at radius 1 is 1.00 bits per heavy atom. The monoisotopic (exact) mass is 562 g/mol. The summed E-state index contributed by atoms with van der Waals surface area (Å²) < 4.78 is 57.0. The van der Waals surface area contributed by atoms with E-state index in [9.17, 15) is 22.4 Å². The summed E-state index contributed by atoms with van der Waals surface area (Å²) in [6.07, 6.45) is -4.76. The first-order valence-electron chi connectivity index (χ1n) is 11.0. The van der Waals surface area contributed by atoms with Crippen molar-refractivity contribution in [2.24, 2.45) is 0 Å². The van der Waals surface area contributed by atoms with Crippen LogP contribution in [-0.4, -0.2) is 30.3 Å². The number of carbonyl (C=O) groups excluding carboxylic acids is 1. The van der Waals surface area contributed by atoms with Crippen LogP contribution < -0.4 is 5.32 Å². The molecule has 0 saturated carbocycles. The second kappa shape index (κ2) is 9.73. The summed E-state index contributed by atoms with van der Waals surface area (Å²) in [7, 11) is 0. The molecule has 5 aromatic rings. The number of hydrogen-bond donors (Lipinski definition) is 1. The average Bonchev–Trinajstić information content (AvgIpc) is 3.43. The first kappa shape index (κ1) is 25.7. The molecule has 5 rings (SSSR count). The third-order valence-corrected chi connectivity index (χ3v) is 6.25. The molecule has 194 valence electrons. The molecule has 0 aliphatic rings. The molecule has 2 aromatic carbocycles. The molecule has 38 heavy (non-hydrogen) atoms. The molecule has 1 N–H and O–H groups in total. The highest BCUT2D eigenvalue weighted by molar-refractivity contribution is 6.31. The molecule has 0 spiro atoms. The molecule has 0 unspecified atom stereocenters. The molecule has 13 heteroatoms. The molecule has 1 amide bonds. The lowest BCUT2D eigenvalue weighted by molar-refractivity contribution is -0.142. The Labute approximate surface area is 222 Å². The van der Waals surface area contributed by atoms with Crippen LogP contribution in [0.4, 0.5) is 23.4 Å². The van der Waals surface area contributed by atoms with Crippen molar-refractivity contribution >= 4 is 40.6 Å². The first-order valence-corrected chi connectivity index (χ1v) is 11.8. The van der Waals surface area contributed by atoms with Crippen molar-refractivity contribution < 1.29 is 22.4 Å². The number of nitrogens with one attached hydrogen (secondary N) is 1. The van der Waals surface area contributed by atoms with Crippen molar-refractivity contribution in [1.82, 2.24) is 24.4 Å². The lowest BCUT2D eigenvalue weighted by atomic mass is 10.1. The fourth-order valence-electron chi connectivity index (χ4n) is 3.78. The van der Waals surface area contributed by atoms with Crippen LogP contribution in [0, 0.1) is 12.7 Å². The number of benzene rings is 2. The molecule has 0 fully saturated rings. The molecular formula is C25H16Cl2F4N6O. The first-order chi connectivity index (χ1) is 18.0. The van der Waals surface area contributed by atoms with E-state index in [0.29, 0.717) is 26.4 Å². The number of carbonyl (C=O) groups is 1. The Hall–Kier alpha value is -3.96. The van der Waals surface area contributed by atoms with Gasteiger partial charge in [-0.05, 0) is 42.8 Å². The normalized spacial score (nSPS) is 11.8. The van der Waals surface area contributed by atoms with E-state index in [2.05, 4.69) is 20.5 Å². The third kappa shape index (κ3) is 5.20. The van der Waals surface area contributed by atoms with Crippen LogP contribution in [0.15, 0.2) is 60.7 Å².